The van der Waals surface area contributed by atoms with E-state index in [1.807, 2.05) is 59.5 Å². The fraction of sp³-hybridized carbons (Fsp3) is 0.200. The lowest BCUT2D eigenvalue weighted by atomic mass is 9.97. The molecule has 1 unspecified atom stereocenters. The molecule has 0 radical (unpaired) electrons. The summed E-state index contributed by atoms with van der Waals surface area (Å²) in [5.41, 5.74) is 3.75. The summed E-state index contributed by atoms with van der Waals surface area (Å²) in [6, 6.07) is 21.7. The molecule has 1 saturated heterocycles. The maximum atomic E-state index is 13.1. The lowest BCUT2D eigenvalue weighted by Gasteiger charge is -2.31. The van der Waals surface area contributed by atoms with Crippen LogP contribution in [0.1, 0.15) is 35.0 Å². The lowest BCUT2D eigenvalue weighted by Crippen LogP contribution is -2.39. The van der Waals surface area contributed by atoms with Crippen LogP contribution < -0.4 is 0 Å². The third-order valence-electron chi connectivity index (χ3n) is 5.66. The van der Waals surface area contributed by atoms with Crippen LogP contribution in [0.15, 0.2) is 83.6 Å². The van der Waals surface area contributed by atoms with E-state index in [-0.39, 0.29) is 11.8 Å². The number of hydrogen-bond acceptors (Lipinski definition) is 5. The molecule has 154 valence electrons. The predicted octanol–water partition coefficient (Wildman–Crippen LogP) is 4.82. The number of likely N-dealkylation sites (tertiary alicyclic amines) is 1. The Bertz CT molecular complexity index is 1160. The fourth-order valence-electron chi connectivity index (χ4n) is 3.99. The zero-order valence-electron chi connectivity index (χ0n) is 17.0. The third-order valence-corrected chi connectivity index (χ3v) is 5.66. The number of piperidine rings is 1. The van der Waals surface area contributed by atoms with Crippen molar-refractivity contribution in [2.24, 2.45) is 0 Å². The standard InChI is InChI=1S/C25H22N4O2/c30-25(20-12-10-19(11-13-20)18-6-2-1-3-7-18)29-15-5-9-22(17-29)24-27-23(28-31-24)21-8-4-14-26-16-21/h1-4,6-8,10-14,16,22H,5,9,15,17H2. The molecule has 1 amide bonds. The second kappa shape index (κ2) is 8.52. The van der Waals surface area contributed by atoms with E-state index in [9.17, 15) is 4.79 Å². The molecule has 1 atom stereocenters. The van der Waals surface area contributed by atoms with Gasteiger partial charge in [0.05, 0.1) is 5.92 Å². The van der Waals surface area contributed by atoms with Crippen LogP contribution >= 0.6 is 0 Å². The van der Waals surface area contributed by atoms with Crippen molar-refractivity contribution in [1.82, 2.24) is 20.0 Å². The number of aromatic nitrogens is 3. The van der Waals surface area contributed by atoms with Crippen molar-refractivity contribution in [3.05, 3.63) is 90.6 Å². The van der Waals surface area contributed by atoms with Gasteiger partial charge in [0.1, 0.15) is 0 Å². The number of nitrogens with zero attached hydrogens (tertiary/aromatic N) is 4. The summed E-state index contributed by atoms with van der Waals surface area (Å²) in [6.07, 6.45) is 5.25. The highest BCUT2D eigenvalue weighted by Crippen LogP contribution is 2.28. The van der Waals surface area contributed by atoms with E-state index in [2.05, 4.69) is 27.3 Å². The van der Waals surface area contributed by atoms with Gasteiger partial charge in [-0.05, 0) is 48.2 Å². The Balaban J connectivity index is 1.29. The Labute approximate surface area is 180 Å². The summed E-state index contributed by atoms with van der Waals surface area (Å²) in [6.45, 7) is 1.31. The van der Waals surface area contributed by atoms with Gasteiger partial charge in [-0.1, -0.05) is 47.6 Å². The molecule has 6 nitrogen and oxygen atoms in total. The van der Waals surface area contributed by atoms with E-state index in [0.29, 0.717) is 23.8 Å². The molecule has 2 aromatic carbocycles. The number of carbonyl (C=O) groups excluding carboxylic acids is 1. The second-order valence-corrected chi connectivity index (χ2v) is 7.73. The summed E-state index contributed by atoms with van der Waals surface area (Å²) in [7, 11) is 0. The second-order valence-electron chi connectivity index (χ2n) is 7.73. The van der Waals surface area contributed by atoms with E-state index in [1.54, 1.807) is 12.4 Å². The predicted molar refractivity (Wildman–Crippen MR) is 117 cm³/mol. The molecule has 0 spiro atoms. The smallest absolute Gasteiger partial charge is 0.253 e. The molecule has 31 heavy (non-hydrogen) atoms. The first-order valence-corrected chi connectivity index (χ1v) is 10.5. The monoisotopic (exact) mass is 410 g/mol. The minimum absolute atomic E-state index is 0.0382. The lowest BCUT2D eigenvalue weighted by molar-refractivity contribution is 0.0695. The van der Waals surface area contributed by atoms with Crippen molar-refractivity contribution in [3.8, 4) is 22.5 Å². The van der Waals surface area contributed by atoms with Gasteiger partial charge in [-0.3, -0.25) is 9.78 Å². The van der Waals surface area contributed by atoms with E-state index in [0.717, 1.165) is 36.1 Å². The number of rotatable bonds is 4. The summed E-state index contributed by atoms with van der Waals surface area (Å²) in [5.74, 6) is 1.19. The zero-order chi connectivity index (χ0) is 21.0. The number of hydrogen-bond donors (Lipinski definition) is 0. The van der Waals surface area contributed by atoms with E-state index < -0.39 is 0 Å². The molecule has 1 aliphatic heterocycles. The molecule has 0 saturated carbocycles. The fourth-order valence-corrected chi connectivity index (χ4v) is 3.99. The van der Waals surface area contributed by atoms with Crippen molar-refractivity contribution in [2.45, 2.75) is 18.8 Å². The van der Waals surface area contributed by atoms with Gasteiger partial charge in [-0.2, -0.15) is 4.98 Å². The largest absolute Gasteiger partial charge is 0.339 e. The minimum Gasteiger partial charge on any atom is -0.339 e. The summed E-state index contributed by atoms with van der Waals surface area (Å²) in [5, 5.41) is 4.10. The first-order chi connectivity index (χ1) is 15.3. The number of pyridine rings is 1. The summed E-state index contributed by atoms with van der Waals surface area (Å²) < 4.78 is 5.53. The van der Waals surface area contributed by atoms with Crippen LogP contribution in [0, 0.1) is 0 Å². The molecule has 0 bridgehead atoms. The van der Waals surface area contributed by atoms with Crippen LogP contribution in [0.5, 0.6) is 0 Å². The van der Waals surface area contributed by atoms with Gasteiger partial charge < -0.3 is 9.42 Å². The quantitative estimate of drug-likeness (QED) is 0.482. The Morgan fingerprint density at radius 1 is 0.935 bits per heavy atom. The average Bonchev–Trinajstić information content (AvgIpc) is 3.35. The van der Waals surface area contributed by atoms with Crippen LogP contribution in [-0.4, -0.2) is 39.0 Å². The van der Waals surface area contributed by atoms with E-state index in [1.165, 1.54) is 0 Å². The highest BCUT2D eigenvalue weighted by atomic mass is 16.5. The molecule has 5 rings (SSSR count). The van der Waals surface area contributed by atoms with Crippen LogP contribution in [0.4, 0.5) is 0 Å². The molecule has 6 heteroatoms. The summed E-state index contributed by atoms with van der Waals surface area (Å²) in [4.78, 5) is 23.7. The Hall–Kier alpha value is -3.80. The number of amides is 1. The van der Waals surface area contributed by atoms with Crippen LogP contribution in [-0.2, 0) is 0 Å². The highest BCUT2D eigenvalue weighted by Gasteiger charge is 2.29. The van der Waals surface area contributed by atoms with Gasteiger partial charge >= 0.3 is 0 Å². The third kappa shape index (κ3) is 4.10. The number of carbonyl (C=O) groups is 1. The minimum atomic E-state index is 0.0382. The molecule has 1 aliphatic rings. The maximum Gasteiger partial charge on any atom is 0.253 e. The SMILES string of the molecule is O=C(c1ccc(-c2ccccc2)cc1)N1CCCC(c2nc(-c3cccnc3)no2)C1. The maximum absolute atomic E-state index is 13.1. The molecule has 3 heterocycles. The van der Waals surface area contributed by atoms with Crippen molar-refractivity contribution < 1.29 is 9.32 Å². The summed E-state index contributed by atoms with van der Waals surface area (Å²) >= 11 is 0. The van der Waals surface area contributed by atoms with Crippen molar-refractivity contribution in [3.63, 3.8) is 0 Å². The first-order valence-electron chi connectivity index (χ1n) is 10.5. The van der Waals surface area contributed by atoms with Crippen molar-refractivity contribution in [1.29, 1.82) is 0 Å². The van der Waals surface area contributed by atoms with Gasteiger partial charge in [0.2, 0.25) is 11.7 Å². The van der Waals surface area contributed by atoms with Crippen LogP contribution in [0.3, 0.4) is 0 Å². The molecule has 2 aromatic heterocycles. The van der Waals surface area contributed by atoms with Crippen molar-refractivity contribution in [2.75, 3.05) is 13.1 Å². The number of benzene rings is 2. The van der Waals surface area contributed by atoms with E-state index >= 15 is 0 Å². The topological polar surface area (TPSA) is 72.1 Å². The van der Waals surface area contributed by atoms with Gasteiger partial charge in [-0.25, -0.2) is 0 Å². The molecular weight excluding hydrogens is 388 g/mol. The van der Waals surface area contributed by atoms with Gasteiger partial charge in [-0.15, -0.1) is 0 Å². The first kappa shape index (κ1) is 19.2. The average molecular weight is 410 g/mol. The Morgan fingerprint density at radius 2 is 1.71 bits per heavy atom. The van der Waals surface area contributed by atoms with E-state index in [4.69, 9.17) is 4.52 Å². The van der Waals surface area contributed by atoms with Gasteiger partial charge in [0, 0.05) is 36.6 Å². The molecule has 0 N–H and O–H groups in total. The Morgan fingerprint density at radius 3 is 2.48 bits per heavy atom. The van der Waals surface area contributed by atoms with Crippen molar-refractivity contribution >= 4 is 5.91 Å². The molecule has 1 fully saturated rings. The molecule has 4 aromatic rings. The van der Waals surface area contributed by atoms with Gasteiger partial charge in [0.15, 0.2) is 0 Å². The normalized spacial score (nSPS) is 16.3. The highest BCUT2D eigenvalue weighted by molar-refractivity contribution is 5.94. The Kier molecular flexibility index (Phi) is 5.27. The van der Waals surface area contributed by atoms with Crippen LogP contribution in [0.2, 0.25) is 0 Å². The van der Waals surface area contributed by atoms with Crippen LogP contribution in [0.25, 0.3) is 22.5 Å². The molecular formula is C25H22N4O2. The molecule has 0 aliphatic carbocycles. The zero-order valence-corrected chi connectivity index (χ0v) is 17.0. The van der Waals surface area contributed by atoms with Gasteiger partial charge in [0.25, 0.3) is 5.91 Å².